The van der Waals surface area contributed by atoms with E-state index in [0.29, 0.717) is 34.0 Å². The Morgan fingerprint density at radius 2 is 1.59 bits per heavy atom. The number of esters is 1. The number of fused-ring (bicyclic) bond motifs is 5. The lowest BCUT2D eigenvalue weighted by Crippen LogP contribution is -2.60. The van der Waals surface area contributed by atoms with Crippen LogP contribution in [0.2, 0.25) is 0 Å². The average molecular weight is 591 g/mol. The number of carbonyl (C=O) groups is 1. The second-order valence-electron chi connectivity index (χ2n) is 7.99. The number of epoxide rings is 1. The Kier molecular flexibility index (Phi) is 7.72. The van der Waals surface area contributed by atoms with Crippen LogP contribution in [0.5, 0.6) is 0 Å². The summed E-state index contributed by atoms with van der Waals surface area (Å²) in [4.78, 5) is 14.3. The summed E-state index contributed by atoms with van der Waals surface area (Å²) in [5, 5.41) is 15.1. The fourth-order valence-corrected chi connectivity index (χ4v) is 6.54. The van der Waals surface area contributed by atoms with Gasteiger partial charge in [0, 0.05) is 12.8 Å². The van der Waals surface area contributed by atoms with E-state index in [1.807, 2.05) is 22.9 Å². The Labute approximate surface area is 205 Å². The molecule has 0 saturated carbocycles. The number of likely N-dealkylation sites (N-methyl/N-ethyl adjacent to an activating group) is 1. The van der Waals surface area contributed by atoms with Crippen LogP contribution in [0.1, 0.15) is 22.6 Å². The number of piperidine rings is 1. The van der Waals surface area contributed by atoms with Crippen LogP contribution < -0.4 is 0 Å². The summed E-state index contributed by atoms with van der Waals surface area (Å²) in [5.74, 6) is -0.561. The SMILES string of the molecule is Br.Br.C[N+]1(C)[C@@H]2CC(OC(=O)C(O)(c3cccs3)c3cccs3)C[C@H]1[C@@H]1O[C@@H]12.Cl. The van der Waals surface area contributed by atoms with E-state index in [1.54, 1.807) is 12.1 Å². The molecule has 0 aromatic carbocycles. The van der Waals surface area contributed by atoms with Gasteiger partial charge in [-0.3, -0.25) is 0 Å². The maximum absolute atomic E-state index is 13.1. The highest BCUT2D eigenvalue weighted by Crippen LogP contribution is 2.52. The molecule has 5 atom stereocenters. The molecule has 10 heteroatoms. The number of aliphatic hydroxyl groups is 1. The van der Waals surface area contributed by atoms with Crippen molar-refractivity contribution >= 4 is 75.0 Å². The third-order valence-electron chi connectivity index (χ3n) is 6.36. The monoisotopic (exact) mass is 588 g/mol. The molecule has 1 N–H and O–H groups in total. The van der Waals surface area contributed by atoms with Crippen molar-refractivity contribution in [3.63, 3.8) is 0 Å². The van der Waals surface area contributed by atoms with E-state index < -0.39 is 11.6 Å². The van der Waals surface area contributed by atoms with E-state index in [4.69, 9.17) is 9.47 Å². The average Bonchev–Trinajstić information content (AvgIpc) is 2.98. The highest BCUT2D eigenvalue weighted by molar-refractivity contribution is 8.93. The number of hydrogen-bond donors (Lipinski definition) is 1. The Hall–Kier alpha value is -0.000000000000000111. The standard InChI is InChI=1S/C19H22NO4S2.2BrH.ClH/c1-20(2)12-9-11(10-13(20)17-16(12)24-17)23-18(21)19(22,14-5-3-7-25-14)15-6-4-8-26-15;;;/h3-8,11-13,16-17,22H,9-10H2,1-2H3;3*1H/q+1;;;/t11?,12-,13+,16-,17+;;;. The second kappa shape index (κ2) is 8.86. The topological polar surface area (TPSA) is 59.1 Å². The molecule has 162 valence electrons. The highest BCUT2D eigenvalue weighted by Gasteiger charge is 2.71. The van der Waals surface area contributed by atoms with Crippen LogP contribution in [0.25, 0.3) is 0 Å². The molecule has 3 fully saturated rings. The number of rotatable bonds is 4. The lowest BCUT2D eigenvalue weighted by molar-refractivity contribution is -0.938. The zero-order chi connectivity index (χ0) is 18.1. The van der Waals surface area contributed by atoms with Gasteiger partial charge in [0.1, 0.15) is 30.4 Å². The Balaban J connectivity index is 0.000001000. The molecule has 1 unspecified atom stereocenters. The molecule has 2 bridgehead atoms. The fraction of sp³-hybridized carbons (Fsp3) is 0.526. The number of quaternary nitrogens is 1. The molecule has 5 heterocycles. The van der Waals surface area contributed by atoms with Gasteiger partial charge in [-0.25, -0.2) is 4.79 Å². The fourth-order valence-electron chi connectivity index (χ4n) is 4.83. The molecule has 0 spiro atoms. The molecule has 2 aromatic rings. The summed E-state index contributed by atoms with van der Waals surface area (Å²) in [6, 6.07) is 8.01. The minimum Gasteiger partial charge on any atom is -0.459 e. The number of carbonyl (C=O) groups excluding carboxylic acids is 1. The maximum atomic E-state index is 13.1. The molecule has 2 aromatic heterocycles. The van der Waals surface area contributed by atoms with Crippen LogP contribution in [0, 0.1) is 0 Å². The zero-order valence-electron chi connectivity index (χ0n) is 15.9. The van der Waals surface area contributed by atoms with E-state index in [1.165, 1.54) is 22.7 Å². The van der Waals surface area contributed by atoms with Crippen LogP contribution in [-0.2, 0) is 19.9 Å². The summed E-state index contributed by atoms with van der Waals surface area (Å²) < 4.78 is 12.6. The first-order valence-corrected chi connectivity index (χ1v) is 10.7. The predicted molar refractivity (Wildman–Crippen MR) is 127 cm³/mol. The van der Waals surface area contributed by atoms with Crippen LogP contribution in [0.15, 0.2) is 35.0 Å². The van der Waals surface area contributed by atoms with Gasteiger partial charge in [0.05, 0.1) is 23.8 Å². The minimum atomic E-state index is -1.72. The zero-order valence-corrected chi connectivity index (χ0v) is 21.8. The van der Waals surface area contributed by atoms with Gasteiger partial charge in [-0.15, -0.1) is 69.0 Å². The number of ether oxygens (including phenoxy) is 2. The van der Waals surface area contributed by atoms with Crippen molar-refractivity contribution in [2.24, 2.45) is 0 Å². The molecule has 0 radical (unpaired) electrons. The largest absolute Gasteiger partial charge is 0.459 e. The first-order valence-electron chi connectivity index (χ1n) is 8.92. The van der Waals surface area contributed by atoms with Gasteiger partial charge < -0.3 is 19.1 Å². The van der Waals surface area contributed by atoms with Crippen LogP contribution in [0.4, 0.5) is 0 Å². The quantitative estimate of drug-likeness (QED) is 0.333. The van der Waals surface area contributed by atoms with E-state index in [-0.39, 0.29) is 52.5 Å². The van der Waals surface area contributed by atoms with Crippen molar-refractivity contribution in [2.75, 3.05) is 14.1 Å². The summed E-state index contributed by atoms with van der Waals surface area (Å²) in [6.45, 7) is 0. The third-order valence-corrected chi connectivity index (χ3v) is 8.32. The Bertz CT molecular complexity index is 779. The second-order valence-corrected chi connectivity index (χ2v) is 9.89. The lowest BCUT2D eigenvalue weighted by atomic mass is 9.95. The number of nitrogens with zero attached hydrogens (tertiary/aromatic N) is 1. The molecule has 5 nitrogen and oxygen atoms in total. The number of hydrogen-bond acceptors (Lipinski definition) is 6. The number of morpholine rings is 1. The molecule has 0 aliphatic carbocycles. The molecule has 3 aliphatic rings. The van der Waals surface area contributed by atoms with E-state index in [9.17, 15) is 9.90 Å². The van der Waals surface area contributed by atoms with Gasteiger partial charge in [-0.1, -0.05) is 12.1 Å². The molecule has 3 saturated heterocycles. The minimum absolute atomic E-state index is 0. The van der Waals surface area contributed by atoms with Crippen molar-refractivity contribution < 1.29 is 23.9 Å². The van der Waals surface area contributed by atoms with Crippen LogP contribution in [0.3, 0.4) is 0 Å². The molecular formula is C19H25Br2ClNO4S2+. The smallest absolute Gasteiger partial charge is 0.349 e. The third kappa shape index (κ3) is 3.86. The molecule has 0 amide bonds. The number of halogens is 3. The van der Waals surface area contributed by atoms with Crippen molar-refractivity contribution in [1.29, 1.82) is 0 Å². The summed E-state index contributed by atoms with van der Waals surface area (Å²) in [7, 11) is 4.49. The van der Waals surface area contributed by atoms with Crippen LogP contribution >= 0.6 is 69.0 Å². The van der Waals surface area contributed by atoms with Gasteiger partial charge in [-0.2, -0.15) is 0 Å². The highest BCUT2D eigenvalue weighted by atomic mass is 79.9. The summed E-state index contributed by atoms with van der Waals surface area (Å²) in [5.41, 5.74) is -1.72. The maximum Gasteiger partial charge on any atom is 0.349 e. The van der Waals surface area contributed by atoms with E-state index in [2.05, 4.69) is 14.1 Å². The molecule has 29 heavy (non-hydrogen) atoms. The van der Waals surface area contributed by atoms with Gasteiger partial charge in [0.25, 0.3) is 0 Å². The van der Waals surface area contributed by atoms with Gasteiger partial charge in [-0.05, 0) is 22.9 Å². The van der Waals surface area contributed by atoms with Crippen molar-refractivity contribution in [2.45, 2.75) is 48.8 Å². The Morgan fingerprint density at radius 3 is 2.00 bits per heavy atom. The van der Waals surface area contributed by atoms with Gasteiger partial charge >= 0.3 is 5.97 Å². The molecule has 5 rings (SSSR count). The molecular weight excluding hydrogens is 566 g/mol. The predicted octanol–water partition coefficient (Wildman–Crippen LogP) is 3.92. The summed E-state index contributed by atoms with van der Waals surface area (Å²) in [6.07, 6.45) is 2.05. The molecule has 3 aliphatic heterocycles. The van der Waals surface area contributed by atoms with Gasteiger partial charge in [0.15, 0.2) is 0 Å². The number of thiophene rings is 2. The summed E-state index contributed by atoms with van der Waals surface area (Å²) >= 11 is 2.74. The normalized spacial score (nSPS) is 30.8. The Morgan fingerprint density at radius 1 is 1.10 bits per heavy atom. The van der Waals surface area contributed by atoms with Crippen LogP contribution in [-0.4, -0.2) is 60.0 Å². The van der Waals surface area contributed by atoms with Crippen molar-refractivity contribution in [3.05, 3.63) is 44.8 Å². The van der Waals surface area contributed by atoms with E-state index >= 15 is 0 Å². The van der Waals surface area contributed by atoms with Crippen molar-refractivity contribution in [3.8, 4) is 0 Å². The van der Waals surface area contributed by atoms with E-state index in [0.717, 1.165) is 17.3 Å². The lowest BCUT2D eigenvalue weighted by Gasteiger charge is -2.45. The van der Waals surface area contributed by atoms with Crippen molar-refractivity contribution in [1.82, 2.24) is 0 Å². The first-order chi connectivity index (χ1) is 12.4. The first kappa shape index (κ1) is 25.3. The van der Waals surface area contributed by atoms with Gasteiger partial charge in [0.2, 0.25) is 5.60 Å².